The van der Waals surface area contributed by atoms with Crippen LogP contribution in [0.3, 0.4) is 0 Å². The molecule has 0 aromatic carbocycles. The van der Waals surface area contributed by atoms with Gasteiger partial charge in [-0.1, -0.05) is 6.42 Å². The summed E-state index contributed by atoms with van der Waals surface area (Å²) in [6, 6.07) is -0.0920. The van der Waals surface area contributed by atoms with Crippen molar-refractivity contribution in [1.29, 1.82) is 0 Å². The van der Waals surface area contributed by atoms with Gasteiger partial charge < -0.3 is 10.1 Å². The molecule has 2 saturated carbocycles. The molecule has 6 nitrogen and oxygen atoms in total. The molecule has 3 unspecified atom stereocenters. The molecule has 2 aliphatic carbocycles. The van der Waals surface area contributed by atoms with Gasteiger partial charge in [0.15, 0.2) is 6.61 Å². The van der Waals surface area contributed by atoms with Crippen molar-refractivity contribution in [3.05, 3.63) is 0 Å². The van der Waals surface area contributed by atoms with E-state index in [-0.39, 0.29) is 6.04 Å². The van der Waals surface area contributed by atoms with Gasteiger partial charge in [0, 0.05) is 6.04 Å². The van der Waals surface area contributed by atoms with E-state index in [1.54, 1.807) is 0 Å². The lowest BCUT2D eigenvalue weighted by molar-refractivity contribution is 0.00614. The molecule has 1 amide bonds. The first-order valence-corrected chi connectivity index (χ1v) is 7.41. The van der Waals surface area contributed by atoms with E-state index < -0.39 is 28.1 Å². The highest BCUT2D eigenvalue weighted by Gasteiger charge is 2.46. The third-order valence-electron chi connectivity index (χ3n) is 3.79. The Bertz CT molecular complexity index is 467. The number of alkyl halides is 2. The van der Waals surface area contributed by atoms with Crippen molar-refractivity contribution in [3.8, 4) is 0 Å². The van der Waals surface area contributed by atoms with Crippen molar-refractivity contribution in [2.24, 2.45) is 11.8 Å². The fourth-order valence-electron chi connectivity index (χ4n) is 2.84. The van der Waals surface area contributed by atoms with Crippen molar-refractivity contribution in [1.82, 2.24) is 5.32 Å². The van der Waals surface area contributed by atoms with E-state index in [9.17, 15) is 22.0 Å². The fraction of sp³-hybridized carbons (Fsp3) is 0.900. The SMILES string of the molecule is O=C(NC1CC2CCC1C2)OCC(F)(F)S(=O)(=O)O. The van der Waals surface area contributed by atoms with Gasteiger partial charge in [-0.05, 0) is 31.1 Å². The highest BCUT2D eigenvalue weighted by molar-refractivity contribution is 7.86. The minimum atomic E-state index is -5.57. The van der Waals surface area contributed by atoms with Crippen LogP contribution in [0.2, 0.25) is 0 Å². The minimum Gasteiger partial charge on any atom is -0.442 e. The molecule has 0 aliphatic heterocycles. The number of carbonyl (C=O) groups is 1. The van der Waals surface area contributed by atoms with Crippen molar-refractivity contribution >= 4 is 16.2 Å². The fourth-order valence-corrected chi connectivity index (χ4v) is 3.05. The van der Waals surface area contributed by atoms with E-state index >= 15 is 0 Å². The first-order valence-electron chi connectivity index (χ1n) is 5.97. The van der Waals surface area contributed by atoms with Crippen LogP contribution in [-0.2, 0) is 14.9 Å². The average molecular weight is 299 g/mol. The maximum Gasteiger partial charge on any atom is 0.407 e. The highest BCUT2D eigenvalue weighted by Crippen LogP contribution is 2.44. The van der Waals surface area contributed by atoms with Crippen molar-refractivity contribution in [2.75, 3.05) is 6.61 Å². The molecule has 19 heavy (non-hydrogen) atoms. The molecular weight excluding hydrogens is 284 g/mol. The van der Waals surface area contributed by atoms with Gasteiger partial charge in [0.05, 0.1) is 0 Å². The lowest BCUT2D eigenvalue weighted by Crippen LogP contribution is -2.42. The number of carbonyl (C=O) groups excluding carboxylic acids is 1. The quantitative estimate of drug-likeness (QED) is 0.765. The van der Waals surface area contributed by atoms with Gasteiger partial charge in [-0.2, -0.15) is 17.2 Å². The molecule has 0 heterocycles. The molecule has 0 aromatic heterocycles. The molecule has 3 atom stereocenters. The van der Waals surface area contributed by atoms with Crippen LogP contribution >= 0.6 is 0 Å². The number of ether oxygens (including phenoxy) is 1. The zero-order valence-electron chi connectivity index (χ0n) is 10.0. The molecule has 2 rings (SSSR count). The first-order chi connectivity index (χ1) is 8.69. The monoisotopic (exact) mass is 299 g/mol. The first kappa shape index (κ1) is 14.4. The Balaban J connectivity index is 1.79. The third-order valence-corrected chi connectivity index (χ3v) is 4.66. The smallest absolute Gasteiger partial charge is 0.407 e. The highest BCUT2D eigenvalue weighted by atomic mass is 32.2. The van der Waals surface area contributed by atoms with Crippen molar-refractivity contribution < 1.29 is 31.3 Å². The molecule has 0 aromatic rings. The Kier molecular flexibility index (Phi) is 3.69. The van der Waals surface area contributed by atoms with Gasteiger partial charge in [0.25, 0.3) is 0 Å². The summed E-state index contributed by atoms with van der Waals surface area (Å²) in [7, 11) is -5.57. The second kappa shape index (κ2) is 4.86. The normalized spacial score (nSPS) is 30.4. The van der Waals surface area contributed by atoms with Gasteiger partial charge in [0.2, 0.25) is 0 Å². The van der Waals surface area contributed by atoms with E-state index in [4.69, 9.17) is 4.55 Å². The molecule has 2 bridgehead atoms. The van der Waals surface area contributed by atoms with Crippen molar-refractivity contribution in [3.63, 3.8) is 0 Å². The van der Waals surface area contributed by atoms with Crippen LogP contribution in [0, 0.1) is 11.8 Å². The summed E-state index contributed by atoms with van der Waals surface area (Å²) in [5.41, 5.74) is 0. The van der Waals surface area contributed by atoms with Crippen LogP contribution in [0.1, 0.15) is 25.7 Å². The number of halogens is 2. The third kappa shape index (κ3) is 3.14. The molecule has 2 fully saturated rings. The predicted octanol–water partition coefficient (Wildman–Crippen LogP) is 1.38. The number of amides is 1. The summed E-state index contributed by atoms with van der Waals surface area (Å²) in [5, 5.41) is -2.02. The zero-order chi connectivity index (χ0) is 14.3. The maximum absolute atomic E-state index is 12.8. The average Bonchev–Trinajstić information content (AvgIpc) is 2.86. The van der Waals surface area contributed by atoms with E-state index in [2.05, 4.69) is 10.1 Å². The van der Waals surface area contributed by atoms with E-state index in [0.29, 0.717) is 11.8 Å². The summed E-state index contributed by atoms with van der Waals surface area (Å²) in [4.78, 5) is 11.3. The summed E-state index contributed by atoms with van der Waals surface area (Å²) in [5.74, 6) is 0.911. The standard InChI is InChI=1S/C10H15F2NO5S/c11-10(12,19(15,16)17)5-18-9(14)13-8-4-6-1-2-7(8)3-6/h6-8H,1-5H2,(H,13,14)(H,15,16,17). The predicted molar refractivity (Wildman–Crippen MR) is 60.2 cm³/mol. The number of hydrogen-bond donors (Lipinski definition) is 2. The molecule has 110 valence electrons. The lowest BCUT2D eigenvalue weighted by Gasteiger charge is -2.23. The van der Waals surface area contributed by atoms with E-state index in [0.717, 1.165) is 25.7 Å². The topological polar surface area (TPSA) is 92.7 Å². The number of fused-ring (bicyclic) bond motifs is 2. The van der Waals surface area contributed by atoms with Gasteiger partial charge in [-0.25, -0.2) is 4.79 Å². The molecule has 0 spiro atoms. The van der Waals surface area contributed by atoms with Gasteiger partial charge in [-0.15, -0.1) is 0 Å². The molecule has 9 heteroatoms. The van der Waals surface area contributed by atoms with Crippen LogP contribution in [0.5, 0.6) is 0 Å². The van der Waals surface area contributed by atoms with Crippen molar-refractivity contribution in [2.45, 2.75) is 37.0 Å². The van der Waals surface area contributed by atoms with E-state index in [1.807, 2.05) is 0 Å². The molecule has 0 radical (unpaired) electrons. The minimum absolute atomic E-state index is 0.0920. The number of nitrogens with one attached hydrogen (secondary N) is 1. The van der Waals surface area contributed by atoms with Crippen LogP contribution in [0.4, 0.5) is 13.6 Å². The second-order valence-electron chi connectivity index (χ2n) is 5.11. The molecule has 0 saturated heterocycles. The van der Waals surface area contributed by atoms with Crippen LogP contribution < -0.4 is 5.32 Å². The second-order valence-corrected chi connectivity index (χ2v) is 6.66. The Labute approximate surface area is 109 Å². The zero-order valence-corrected chi connectivity index (χ0v) is 10.8. The van der Waals surface area contributed by atoms with Gasteiger partial charge >= 0.3 is 21.5 Å². The molecule has 2 N–H and O–H groups in total. The number of hydrogen-bond acceptors (Lipinski definition) is 4. The maximum atomic E-state index is 12.8. The largest absolute Gasteiger partial charge is 0.442 e. The van der Waals surface area contributed by atoms with Gasteiger partial charge in [-0.3, -0.25) is 4.55 Å². The Morgan fingerprint density at radius 2 is 2.05 bits per heavy atom. The Morgan fingerprint density at radius 1 is 1.37 bits per heavy atom. The Hall–Kier alpha value is -0.960. The van der Waals surface area contributed by atoms with E-state index in [1.165, 1.54) is 0 Å². The summed E-state index contributed by atoms with van der Waals surface area (Å²) in [6.07, 6.45) is 2.86. The lowest BCUT2D eigenvalue weighted by atomic mass is 9.96. The summed E-state index contributed by atoms with van der Waals surface area (Å²) >= 11 is 0. The molecule has 2 aliphatic rings. The number of alkyl carbamates (subject to hydrolysis) is 1. The molecular formula is C10H15F2NO5S. The van der Waals surface area contributed by atoms with Crippen LogP contribution in [-0.4, -0.2) is 37.0 Å². The van der Waals surface area contributed by atoms with Crippen LogP contribution in [0.15, 0.2) is 0 Å². The van der Waals surface area contributed by atoms with Gasteiger partial charge in [0.1, 0.15) is 0 Å². The summed E-state index contributed by atoms with van der Waals surface area (Å²) < 4.78 is 58.6. The summed E-state index contributed by atoms with van der Waals surface area (Å²) in [6.45, 7) is -1.70. The van der Waals surface area contributed by atoms with Crippen LogP contribution in [0.25, 0.3) is 0 Å². The number of rotatable bonds is 4. The Morgan fingerprint density at radius 3 is 2.53 bits per heavy atom.